The van der Waals surface area contributed by atoms with Crippen molar-refractivity contribution >= 4 is 21.6 Å². The van der Waals surface area contributed by atoms with Gasteiger partial charge in [-0.05, 0) is 28.8 Å². The molecule has 84 valence electrons. The second-order valence-corrected chi connectivity index (χ2v) is 5.07. The van der Waals surface area contributed by atoms with Crippen molar-refractivity contribution in [2.24, 2.45) is 0 Å². The summed E-state index contributed by atoms with van der Waals surface area (Å²) in [7, 11) is 0. The van der Waals surface area contributed by atoms with Crippen molar-refractivity contribution in [3.05, 3.63) is 22.8 Å². The third-order valence-electron chi connectivity index (χ3n) is 3.26. The van der Waals surface area contributed by atoms with E-state index in [2.05, 4.69) is 31.0 Å². The largest absolute Gasteiger partial charge is 0.240 e. The summed E-state index contributed by atoms with van der Waals surface area (Å²) < 4.78 is 2.61. The minimum atomic E-state index is 0.596. The monoisotopic (exact) mass is 280 g/mol. The highest BCUT2D eigenvalue weighted by molar-refractivity contribution is 9.10. The van der Waals surface area contributed by atoms with Crippen LogP contribution in [0.4, 0.5) is 0 Å². The first-order valence-electron chi connectivity index (χ1n) is 5.70. The normalized spacial score (nSPS) is 18.1. The van der Waals surface area contributed by atoms with Crippen molar-refractivity contribution in [1.29, 1.82) is 0 Å². The van der Waals surface area contributed by atoms with E-state index in [4.69, 9.17) is 0 Å². The molecule has 0 bridgehead atoms. The molecule has 0 unspecified atom stereocenters. The summed E-state index contributed by atoms with van der Waals surface area (Å²) in [6, 6.07) is 0. The van der Waals surface area contributed by atoms with Gasteiger partial charge in [-0.1, -0.05) is 19.3 Å². The molecule has 0 amide bonds. The molecule has 2 heterocycles. The SMILES string of the molecule is Brc1nc(C2CCCCC2)cn2ncnc12. The fourth-order valence-electron chi connectivity index (χ4n) is 2.40. The molecule has 4 nitrogen and oxygen atoms in total. The average Bonchev–Trinajstić information content (AvgIpc) is 2.79. The highest BCUT2D eigenvalue weighted by atomic mass is 79.9. The Kier molecular flexibility index (Phi) is 2.63. The molecule has 3 rings (SSSR count). The van der Waals surface area contributed by atoms with Gasteiger partial charge in [-0.2, -0.15) is 5.10 Å². The predicted molar refractivity (Wildman–Crippen MR) is 64.3 cm³/mol. The predicted octanol–water partition coefficient (Wildman–Crippen LogP) is 2.93. The van der Waals surface area contributed by atoms with Gasteiger partial charge in [0, 0.05) is 5.92 Å². The lowest BCUT2D eigenvalue weighted by Crippen LogP contribution is -2.08. The quantitative estimate of drug-likeness (QED) is 0.807. The van der Waals surface area contributed by atoms with Crippen LogP contribution < -0.4 is 0 Å². The Labute approximate surface area is 102 Å². The van der Waals surface area contributed by atoms with E-state index >= 15 is 0 Å². The van der Waals surface area contributed by atoms with Crippen LogP contribution >= 0.6 is 15.9 Å². The summed E-state index contributed by atoms with van der Waals surface area (Å²) in [5.41, 5.74) is 1.93. The minimum Gasteiger partial charge on any atom is -0.240 e. The first-order valence-corrected chi connectivity index (χ1v) is 6.49. The number of fused-ring (bicyclic) bond motifs is 1. The number of hydrogen-bond donors (Lipinski definition) is 0. The molecule has 1 fully saturated rings. The van der Waals surface area contributed by atoms with E-state index in [0.29, 0.717) is 5.92 Å². The number of hydrogen-bond acceptors (Lipinski definition) is 3. The van der Waals surface area contributed by atoms with Crippen LogP contribution in [0.2, 0.25) is 0 Å². The van der Waals surface area contributed by atoms with Crippen molar-refractivity contribution in [3.8, 4) is 0 Å². The van der Waals surface area contributed by atoms with Gasteiger partial charge in [0.1, 0.15) is 6.33 Å². The molecule has 0 atom stereocenters. The van der Waals surface area contributed by atoms with E-state index in [-0.39, 0.29) is 0 Å². The van der Waals surface area contributed by atoms with Crippen molar-refractivity contribution in [2.75, 3.05) is 0 Å². The molecule has 1 aliphatic carbocycles. The zero-order valence-corrected chi connectivity index (χ0v) is 10.5. The van der Waals surface area contributed by atoms with Gasteiger partial charge in [0.25, 0.3) is 0 Å². The Morgan fingerprint density at radius 1 is 1.25 bits per heavy atom. The Hall–Kier alpha value is -0.970. The maximum atomic E-state index is 4.59. The molecule has 0 spiro atoms. The van der Waals surface area contributed by atoms with Crippen LogP contribution in [0.3, 0.4) is 0 Å². The molecule has 0 aliphatic heterocycles. The Morgan fingerprint density at radius 3 is 2.88 bits per heavy atom. The summed E-state index contributed by atoms with van der Waals surface area (Å²) in [6.07, 6.45) is 10.1. The molecule has 0 N–H and O–H groups in total. The summed E-state index contributed by atoms with van der Waals surface area (Å²) in [5.74, 6) is 0.596. The highest BCUT2D eigenvalue weighted by Gasteiger charge is 2.18. The highest BCUT2D eigenvalue weighted by Crippen LogP contribution is 2.32. The summed E-state index contributed by atoms with van der Waals surface area (Å²) in [5, 5.41) is 4.17. The molecule has 0 radical (unpaired) electrons. The second-order valence-electron chi connectivity index (χ2n) is 4.32. The third-order valence-corrected chi connectivity index (χ3v) is 3.79. The Balaban J connectivity index is 2.02. The van der Waals surface area contributed by atoms with Crippen molar-refractivity contribution in [3.63, 3.8) is 0 Å². The molecule has 5 heteroatoms. The lowest BCUT2D eigenvalue weighted by molar-refractivity contribution is 0.434. The lowest BCUT2D eigenvalue weighted by Gasteiger charge is -2.20. The van der Waals surface area contributed by atoms with Gasteiger partial charge in [-0.25, -0.2) is 14.5 Å². The average molecular weight is 281 g/mol. The molecule has 1 saturated carbocycles. The lowest BCUT2D eigenvalue weighted by atomic mass is 9.87. The van der Waals surface area contributed by atoms with E-state index in [1.165, 1.54) is 32.1 Å². The Morgan fingerprint density at radius 2 is 2.06 bits per heavy atom. The van der Waals surface area contributed by atoms with Crippen molar-refractivity contribution in [2.45, 2.75) is 38.0 Å². The van der Waals surface area contributed by atoms with Gasteiger partial charge >= 0.3 is 0 Å². The summed E-state index contributed by atoms with van der Waals surface area (Å²) in [6.45, 7) is 0. The zero-order valence-electron chi connectivity index (χ0n) is 8.93. The first kappa shape index (κ1) is 10.2. The van der Waals surface area contributed by atoms with Crippen LogP contribution in [-0.2, 0) is 0 Å². The van der Waals surface area contributed by atoms with E-state index in [9.17, 15) is 0 Å². The number of aromatic nitrogens is 4. The maximum Gasteiger partial charge on any atom is 0.188 e. The van der Waals surface area contributed by atoms with Crippen LogP contribution in [0.1, 0.15) is 43.7 Å². The molecule has 2 aromatic rings. The molecule has 2 aromatic heterocycles. The zero-order chi connectivity index (χ0) is 11.0. The van der Waals surface area contributed by atoms with Gasteiger partial charge in [-0.3, -0.25) is 0 Å². The number of rotatable bonds is 1. The van der Waals surface area contributed by atoms with E-state index < -0.39 is 0 Å². The van der Waals surface area contributed by atoms with E-state index in [0.717, 1.165) is 15.9 Å². The molecular weight excluding hydrogens is 268 g/mol. The van der Waals surface area contributed by atoms with Gasteiger partial charge in [0.15, 0.2) is 10.3 Å². The molecule has 0 saturated heterocycles. The Bertz CT molecular complexity index is 502. The number of nitrogens with zero attached hydrogens (tertiary/aromatic N) is 4. The van der Waals surface area contributed by atoms with Gasteiger partial charge in [0.2, 0.25) is 0 Å². The van der Waals surface area contributed by atoms with Crippen molar-refractivity contribution in [1.82, 2.24) is 19.6 Å². The minimum absolute atomic E-state index is 0.596. The molecule has 0 aromatic carbocycles. The van der Waals surface area contributed by atoms with E-state index in [1.807, 2.05) is 6.20 Å². The van der Waals surface area contributed by atoms with E-state index in [1.54, 1.807) is 10.8 Å². The van der Waals surface area contributed by atoms with Gasteiger partial charge < -0.3 is 0 Å². The fraction of sp³-hybridized carbons (Fsp3) is 0.545. The summed E-state index contributed by atoms with van der Waals surface area (Å²) >= 11 is 3.46. The molecule has 1 aliphatic rings. The van der Waals surface area contributed by atoms with Crippen LogP contribution in [0.15, 0.2) is 17.1 Å². The number of halogens is 1. The summed E-state index contributed by atoms with van der Waals surface area (Å²) in [4.78, 5) is 8.74. The smallest absolute Gasteiger partial charge is 0.188 e. The fourth-order valence-corrected chi connectivity index (χ4v) is 2.89. The third kappa shape index (κ3) is 1.73. The van der Waals surface area contributed by atoms with Crippen LogP contribution in [-0.4, -0.2) is 19.6 Å². The maximum absolute atomic E-state index is 4.59. The first-order chi connectivity index (χ1) is 7.84. The topological polar surface area (TPSA) is 43.1 Å². The standard InChI is InChI=1S/C11H13BrN4/c12-10-11-13-7-14-16(11)6-9(15-10)8-4-2-1-3-5-8/h6-8H,1-5H2. The van der Waals surface area contributed by atoms with Crippen LogP contribution in [0, 0.1) is 0 Å². The second kappa shape index (κ2) is 4.13. The van der Waals surface area contributed by atoms with Crippen LogP contribution in [0.25, 0.3) is 5.65 Å². The molecular formula is C11H13BrN4. The van der Waals surface area contributed by atoms with Gasteiger partial charge in [0.05, 0.1) is 11.9 Å². The van der Waals surface area contributed by atoms with Crippen LogP contribution in [0.5, 0.6) is 0 Å². The van der Waals surface area contributed by atoms with Gasteiger partial charge in [-0.15, -0.1) is 0 Å². The molecule has 16 heavy (non-hydrogen) atoms. The van der Waals surface area contributed by atoms with Crippen molar-refractivity contribution < 1.29 is 0 Å².